The molecule has 2 atom stereocenters. The summed E-state index contributed by atoms with van der Waals surface area (Å²) in [5.74, 6) is -3.46. The zero-order chi connectivity index (χ0) is 15.5. The number of carboxylic acid groups (broad SMARTS) is 1. The van der Waals surface area contributed by atoms with Crippen LogP contribution in [0.25, 0.3) is 0 Å². The minimum Gasteiger partial charge on any atom is -0.478 e. The minimum atomic E-state index is -1.19. The van der Waals surface area contributed by atoms with Crippen molar-refractivity contribution in [1.82, 2.24) is 0 Å². The van der Waals surface area contributed by atoms with E-state index < -0.39 is 35.5 Å². The van der Waals surface area contributed by atoms with E-state index in [-0.39, 0.29) is 35.2 Å². The quantitative estimate of drug-likeness (QED) is 0.822. The molecule has 1 fully saturated rings. The molecule has 3 rings (SSSR count). The third kappa shape index (κ3) is 1.95. The number of hydrogen-bond acceptors (Lipinski definition) is 3. The van der Waals surface area contributed by atoms with Gasteiger partial charge in [-0.05, 0) is 6.92 Å². The predicted molar refractivity (Wildman–Crippen MR) is 70.7 cm³/mol. The molecule has 7 heteroatoms. The Hall–Kier alpha value is -2.18. The summed E-state index contributed by atoms with van der Waals surface area (Å²) >= 11 is 0. The van der Waals surface area contributed by atoms with Crippen molar-refractivity contribution in [2.45, 2.75) is 32.0 Å². The molecular weight excluding hydrogens is 285 g/mol. The molecule has 0 amide bonds. The number of halogens is 3. The van der Waals surface area contributed by atoms with E-state index in [9.17, 15) is 18.0 Å². The standard InChI is InChI=1S/C14H13F3N2O2/c1-5-10(16)11(17)12(18)7-2-6(14(20)21)4-19(13(5)7)9-3-8(9)15/h4,8-9H,2-3,18H2,1H3,(H,20,21)/t8-,9+/m0/s1. The molecule has 0 bridgehead atoms. The first-order valence-electron chi connectivity index (χ1n) is 6.45. The maximum absolute atomic E-state index is 13.9. The molecule has 1 saturated carbocycles. The van der Waals surface area contributed by atoms with Crippen LogP contribution in [0.1, 0.15) is 17.5 Å². The molecule has 0 spiro atoms. The van der Waals surface area contributed by atoms with E-state index in [1.165, 1.54) is 18.0 Å². The fourth-order valence-electron chi connectivity index (χ4n) is 2.70. The molecule has 112 valence electrons. The summed E-state index contributed by atoms with van der Waals surface area (Å²) in [5, 5.41) is 9.14. The second kappa shape index (κ2) is 4.41. The molecule has 1 aliphatic heterocycles. The lowest BCUT2D eigenvalue weighted by atomic mass is 9.94. The Morgan fingerprint density at radius 2 is 2.05 bits per heavy atom. The summed E-state index contributed by atoms with van der Waals surface area (Å²) in [7, 11) is 0. The summed E-state index contributed by atoms with van der Waals surface area (Å²) in [4.78, 5) is 12.6. The van der Waals surface area contributed by atoms with Crippen molar-refractivity contribution in [3.05, 3.63) is 34.5 Å². The van der Waals surface area contributed by atoms with Crippen LogP contribution in [-0.2, 0) is 11.2 Å². The van der Waals surface area contributed by atoms with E-state index in [2.05, 4.69) is 0 Å². The molecule has 1 aromatic carbocycles. The van der Waals surface area contributed by atoms with Gasteiger partial charge in [-0.25, -0.2) is 18.0 Å². The van der Waals surface area contributed by atoms with E-state index in [1.807, 2.05) is 0 Å². The average Bonchev–Trinajstić information content (AvgIpc) is 3.18. The molecule has 0 unspecified atom stereocenters. The summed E-state index contributed by atoms with van der Waals surface area (Å²) in [6, 6.07) is -0.554. The molecule has 0 saturated heterocycles. The van der Waals surface area contributed by atoms with Crippen LogP contribution in [0.2, 0.25) is 0 Å². The average molecular weight is 298 g/mol. The molecule has 0 radical (unpaired) electrons. The maximum Gasteiger partial charge on any atom is 0.333 e. The van der Waals surface area contributed by atoms with E-state index in [1.54, 1.807) is 0 Å². The highest BCUT2D eigenvalue weighted by Crippen LogP contribution is 2.45. The van der Waals surface area contributed by atoms with Crippen LogP contribution >= 0.6 is 0 Å². The van der Waals surface area contributed by atoms with Crippen LogP contribution in [0.3, 0.4) is 0 Å². The first-order chi connectivity index (χ1) is 9.82. The maximum atomic E-state index is 13.9. The Labute approximate surface area is 118 Å². The van der Waals surface area contributed by atoms with Crippen LogP contribution in [0.15, 0.2) is 11.8 Å². The van der Waals surface area contributed by atoms with Crippen LogP contribution in [0.4, 0.5) is 24.5 Å². The van der Waals surface area contributed by atoms with Crippen molar-refractivity contribution >= 4 is 17.3 Å². The second-order valence-corrected chi connectivity index (χ2v) is 5.36. The number of benzene rings is 1. The van der Waals surface area contributed by atoms with Gasteiger partial charge in [-0.2, -0.15) is 0 Å². The number of rotatable bonds is 2. The molecule has 2 aliphatic rings. The van der Waals surface area contributed by atoms with Crippen molar-refractivity contribution < 1.29 is 23.1 Å². The van der Waals surface area contributed by atoms with Crippen LogP contribution in [-0.4, -0.2) is 23.3 Å². The van der Waals surface area contributed by atoms with Crippen molar-refractivity contribution in [3.63, 3.8) is 0 Å². The topological polar surface area (TPSA) is 66.6 Å². The SMILES string of the molecule is Cc1c(F)c(F)c(N)c2c1N([C@@H]1C[C@@H]1F)C=C(C(=O)O)C2. The largest absolute Gasteiger partial charge is 0.478 e. The summed E-state index contributed by atoms with van der Waals surface area (Å²) < 4.78 is 41.0. The number of carboxylic acids is 1. The predicted octanol–water partition coefficient (Wildman–Crippen LogP) is 2.30. The normalized spacial score (nSPS) is 23.6. The highest BCUT2D eigenvalue weighted by molar-refractivity contribution is 5.91. The van der Waals surface area contributed by atoms with E-state index in [0.29, 0.717) is 0 Å². The number of aliphatic carboxylic acids is 1. The fourth-order valence-corrected chi connectivity index (χ4v) is 2.70. The number of nitrogens with zero attached hydrogens (tertiary/aromatic N) is 1. The van der Waals surface area contributed by atoms with Crippen LogP contribution in [0.5, 0.6) is 0 Å². The Balaban J connectivity index is 2.22. The third-order valence-corrected chi connectivity index (χ3v) is 3.96. The zero-order valence-corrected chi connectivity index (χ0v) is 11.2. The highest BCUT2D eigenvalue weighted by atomic mass is 19.2. The molecule has 1 heterocycles. The van der Waals surface area contributed by atoms with Gasteiger partial charge < -0.3 is 15.7 Å². The van der Waals surface area contributed by atoms with Gasteiger partial charge in [-0.1, -0.05) is 0 Å². The number of alkyl halides is 1. The third-order valence-electron chi connectivity index (χ3n) is 3.96. The van der Waals surface area contributed by atoms with Gasteiger partial charge in [0.05, 0.1) is 23.0 Å². The lowest BCUT2D eigenvalue weighted by Gasteiger charge is -2.31. The van der Waals surface area contributed by atoms with Crippen LogP contribution < -0.4 is 10.6 Å². The van der Waals surface area contributed by atoms with Gasteiger partial charge in [0, 0.05) is 30.2 Å². The number of nitrogen functional groups attached to an aromatic ring is 1. The van der Waals surface area contributed by atoms with Crippen molar-refractivity contribution in [1.29, 1.82) is 0 Å². The Morgan fingerprint density at radius 3 is 2.57 bits per heavy atom. The van der Waals surface area contributed by atoms with Crippen molar-refractivity contribution in [3.8, 4) is 0 Å². The fraction of sp³-hybridized carbons (Fsp3) is 0.357. The van der Waals surface area contributed by atoms with Gasteiger partial charge in [0.1, 0.15) is 6.17 Å². The summed E-state index contributed by atoms with van der Waals surface area (Å²) in [6.45, 7) is 1.37. The van der Waals surface area contributed by atoms with E-state index >= 15 is 0 Å². The molecule has 1 aliphatic carbocycles. The van der Waals surface area contributed by atoms with Gasteiger partial charge in [-0.3, -0.25) is 0 Å². The van der Waals surface area contributed by atoms with Crippen molar-refractivity contribution in [2.75, 3.05) is 10.6 Å². The lowest BCUT2D eigenvalue weighted by Crippen LogP contribution is -2.30. The number of fused-ring (bicyclic) bond motifs is 1. The van der Waals surface area contributed by atoms with Crippen LogP contribution in [0, 0.1) is 18.6 Å². The smallest absolute Gasteiger partial charge is 0.333 e. The highest BCUT2D eigenvalue weighted by Gasteiger charge is 2.45. The molecule has 4 nitrogen and oxygen atoms in total. The second-order valence-electron chi connectivity index (χ2n) is 5.36. The van der Waals surface area contributed by atoms with Gasteiger partial charge in [0.15, 0.2) is 11.6 Å². The molecule has 0 aromatic heterocycles. The van der Waals surface area contributed by atoms with E-state index in [0.717, 1.165) is 0 Å². The lowest BCUT2D eigenvalue weighted by molar-refractivity contribution is -0.132. The zero-order valence-electron chi connectivity index (χ0n) is 11.2. The number of hydrogen-bond donors (Lipinski definition) is 2. The first-order valence-corrected chi connectivity index (χ1v) is 6.45. The molecule has 21 heavy (non-hydrogen) atoms. The Bertz CT molecular complexity index is 688. The van der Waals surface area contributed by atoms with Crippen molar-refractivity contribution in [2.24, 2.45) is 0 Å². The number of anilines is 2. The first kappa shape index (κ1) is 13.8. The number of carbonyl (C=O) groups is 1. The van der Waals surface area contributed by atoms with Gasteiger partial charge in [-0.15, -0.1) is 0 Å². The van der Waals surface area contributed by atoms with Gasteiger partial charge in [0.25, 0.3) is 0 Å². The summed E-state index contributed by atoms with van der Waals surface area (Å²) in [6.07, 6.45) is 0.283. The van der Waals surface area contributed by atoms with E-state index in [4.69, 9.17) is 10.8 Å². The monoisotopic (exact) mass is 298 g/mol. The summed E-state index contributed by atoms with van der Waals surface area (Å²) in [5.41, 5.74) is 5.64. The van der Waals surface area contributed by atoms with Gasteiger partial charge >= 0.3 is 5.97 Å². The molecule has 1 aromatic rings. The minimum absolute atomic E-state index is 0.0106. The Kier molecular flexibility index (Phi) is 2.89. The molecule has 3 N–H and O–H groups in total. The number of nitrogens with two attached hydrogens (primary N) is 1. The molecular formula is C14H13F3N2O2. The van der Waals surface area contributed by atoms with Gasteiger partial charge in [0.2, 0.25) is 0 Å². The Morgan fingerprint density at radius 1 is 1.43 bits per heavy atom.